The van der Waals surface area contributed by atoms with Gasteiger partial charge in [0.2, 0.25) is 0 Å². The third kappa shape index (κ3) is 3.00. The Morgan fingerprint density at radius 3 is 2.57 bits per heavy atom. The fourth-order valence-electron chi connectivity index (χ4n) is 5.94. The predicted octanol–water partition coefficient (Wildman–Crippen LogP) is 4.41. The quantitative estimate of drug-likeness (QED) is 0.380. The van der Waals surface area contributed by atoms with Crippen LogP contribution >= 0.6 is 15.9 Å². The van der Waals surface area contributed by atoms with Crippen LogP contribution < -0.4 is 4.74 Å². The molecular formula is C22H25BrO5. The Hall–Kier alpha value is -1.69. The van der Waals surface area contributed by atoms with Crippen LogP contribution in [-0.2, 0) is 14.3 Å². The number of carbonyl (C=O) groups excluding carboxylic acids is 3. The van der Waals surface area contributed by atoms with Crippen LogP contribution in [0.1, 0.15) is 68.3 Å². The third-order valence-corrected chi connectivity index (χ3v) is 8.12. The van der Waals surface area contributed by atoms with Crippen molar-refractivity contribution in [1.29, 1.82) is 0 Å². The Morgan fingerprint density at radius 2 is 1.89 bits per heavy atom. The second-order valence-electron chi connectivity index (χ2n) is 8.62. The monoisotopic (exact) mass is 448 g/mol. The molecule has 6 unspecified atom stereocenters. The molecule has 2 saturated carbocycles. The van der Waals surface area contributed by atoms with Crippen LogP contribution in [0.15, 0.2) is 18.2 Å². The van der Waals surface area contributed by atoms with Gasteiger partial charge in [-0.2, -0.15) is 0 Å². The van der Waals surface area contributed by atoms with Crippen LogP contribution in [0.5, 0.6) is 5.75 Å². The zero-order valence-corrected chi connectivity index (χ0v) is 18.0. The molecule has 6 heteroatoms. The van der Waals surface area contributed by atoms with Crippen molar-refractivity contribution in [2.45, 2.75) is 63.3 Å². The van der Waals surface area contributed by atoms with Gasteiger partial charge >= 0.3 is 11.9 Å². The van der Waals surface area contributed by atoms with E-state index in [9.17, 15) is 14.4 Å². The number of benzene rings is 1. The number of halogens is 1. The minimum Gasteiger partial charge on any atom is -0.462 e. The van der Waals surface area contributed by atoms with Gasteiger partial charge in [0.15, 0.2) is 5.78 Å². The topological polar surface area (TPSA) is 69.7 Å². The first-order valence-corrected chi connectivity index (χ1v) is 10.8. The van der Waals surface area contributed by atoms with E-state index in [4.69, 9.17) is 9.47 Å². The lowest BCUT2D eigenvalue weighted by Crippen LogP contribution is -2.50. The first-order chi connectivity index (χ1) is 13.2. The maximum absolute atomic E-state index is 13.2. The van der Waals surface area contributed by atoms with Crippen molar-refractivity contribution in [1.82, 2.24) is 0 Å². The van der Waals surface area contributed by atoms with Crippen molar-refractivity contribution in [2.75, 3.05) is 0 Å². The summed E-state index contributed by atoms with van der Waals surface area (Å²) in [5.41, 5.74) is 1.62. The second-order valence-corrected chi connectivity index (χ2v) is 9.61. The number of hydrogen-bond acceptors (Lipinski definition) is 5. The minimum atomic E-state index is -0.396. The van der Waals surface area contributed by atoms with Crippen molar-refractivity contribution in [3.8, 4) is 5.75 Å². The third-order valence-electron chi connectivity index (χ3n) is 7.09. The Kier molecular flexibility index (Phi) is 4.89. The smallest absolute Gasteiger partial charge is 0.308 e. The first kappa shape index (κ1) is 19.6. The predicted molar refractivity (Wildman–Crippen MR) is 107 cm³/mol. The Morgan fingerprint density at radius 1 is 1.14 bits per heavy atom. The van der Waals surface area contributed by atoms with E-state index in [-0.39, 0.29) is 39.9 Å². The number of ketones is 1. The fourth-order valence-corrected chi connectivity index (χ4v) is 6.92. The highest BCUT2D eigenvalue weighted by molar-refractivity contribution is 9.10. The van der Waals surface area contributed by atoms with Crippen LogP contribution in [0.3, 0.4) is 0 Å². The highest BCUT2D eigenvalue weighted by Crippen LogP contribution is 2.62. The van der Waals surface area contributed by atoms with E-state index in [0.717, 1.165) is 31.2 Å². The SMILES string of the molecule is CC(=O)Oc1ccc2c(c1)C(=O)C(Br)C1C2CCC2(C)C(OC(C)=O)CCC12. The zero-order valence-electron chi connectivity index (χ0n) is 16.4. The second kappa shape index (κ2) is 6.97. The summed E-state index contributed by atoms with van der Waals surface area (Å²) in [5, 5.41) is 0. The summed E-state index contributed by atoms with van der Waals surface area (Å²) in [4.78, 5) is 35.7. The fraction of sp³-hybridized carbons (Fsp3) is 0.591. The summed E-state index contributed by atoms with van der Waals surface area (Å²) in [5.74, 6) is 0.612. The normalized spacial score (nSPS) is 36.1. The van der Waals surface area contributed by atoms with Gasteiger partial charge in [-0.05, 0) is 61.1 Å². The summed E-state index contributed by atoms with van der Waals surface area (Å²) in [6.07, 6.45) is 3.67. The van der Waals surface area contributed by atoms with Gasteiger partial charge in [-0.15, -0.1) is 0 Å². The summed E-state index contributed by atoms with van der Waals surface area (Å²) < 4.78 is 10.8. The van der Waals surface area contributed by atoms with Gasteiger partial charge < -0.3 is 9.47 Å². The molecule has 28 heavy (non-hydrogen) atoms. The Bertz CT molecular complexity index is 849. The summed E-state index contributed by atoms with van der Waals surface area (Å²) in [7, 11) is 0. The van der Waals surface area contributed by atoms with Gasteiger partial charge in [-0.3, -0.25) is 14.4 Å². The number of ether oxygens (including phenoxy) is 2. The molecule has 3 aliphatic carbocycles. The largest absolute Gasteiger partial charge is 0.462 e. The standard InChI is InChI=1S/C22H25BrO5/c1-11(24)27-13-4-5-14-15-8-9-22(3)17(6-7-18(22)28-12(2)25)19(15)20(23)21(26)16(14)10-13/h4-5,10,15,17-20H,6-9H2,1-3H3. The van der Waals surface area contributed by atoms with Gasteiger partial charge in [0, 0.05) is 24.8 Å². The molecule has 0 amide bonds. The molecule has 2 fully saturated rings. The van der Waals surface area contributed by atoms with Crippen LogP contribution in [-0.4, -0.2) is 28.7 Å². The number of fused-ring (bicyclic) bond motifs is 5. The van der Waals surface area contributed by atoms with Crippen molar-refractivity contribution in [2.24, 2.45) is 17.3 Å². The zero-order chi connectivity index (χ0) is 20.2. The average molecular weight is 449 g/mol. The van der Waals surface area contributed by atoms with Crippen LogP contribution in [0.2, 0.25) is 0 Å². The molecule has 150 valence electrons. The maximum atomic E-state index is 13.2. The Labute approximate surface area is 173 Å². The lowest BCUT2D eigenvalue weighted by atomic mass is 9.55. The van der Waals surface area contributed by atoms with E-state index < -0.39 is 5.97 Å². The van der Waals surface area contributed by atoms with Crippen molar-refractivity contribution in [3.63, 3.8) is 0 Å². The van der Waals surface area contributed by atoms with E-state index in [1.807, 2.05) is 6.07 Å². The van der Waals surface area contributed by atoms with Gasteiger partial charge in [0.05, 0.1) is 4.83 Å². The number of hydrogen-bond donors (Lipinski definition) is 0. The molecule has 0 aliphatic heterocycles. The van der Waals surface area contributed by atoms with E-state index >= 15 is 0 Å². The molecular weight excluding hydrogens is 424 g/mol. The Balaban J connectivity index is 1.69. The van der Waals surface area contributed by atoms with Crippen LogP contribution in [0, 0.1) is 17.3 Å². The average Bonchev–Trinajstić information content (AvgIpc) is 2.94. The molecule has 1 aromatic carbocycles. The lowest BCUT2D eigenvalue weighted by molar-refractivity contribution is -0.154. The number of rotatable bonds is 2. The first-order valence-electron chi connectivity index (χ1n) is 9.90. The van der Waals surface area contributed by atoms with Gasteiger partial charge in [-0.25, -0.2) is 0 Å². The van der Waals surface area contributed by atoms with E-state index in [1.165, 1.54) is 13.8 Å². The summed E-state index contributed by atoms with van der Waals surface area (Å²) >= 11 is 3.71. The highest BCUT2D eigenvalue weighted by atomic mass is 79.9. The molecule has 0 saturated heterocycles. The molecule has 5 nitrogen and oxygen atoms in total. The van der Waals surface area contributed by atoms with Gasteiger partial charge in [0.25, 0.3) is 0 Å². The number of alkyl halides is 1. The van der Waals surface area contributed by atoms with Crippen LogP contribution in [0.4, 0.5) is 0 Å². The molecule has 6 atom stereocenters. The summed E-state index contributed by atoms with van der Waals surface area (Å²) in [6, 6.07) is 5.43. The number of esters is 2. The lowest BCUT2D eigenvalue weighted by Gasteiger charge is -2.51. The van der Waals surface area contributed by atoms with Gasteiger partial charge in [-0.1, -0.05) is 28.9 Å². The molecule has 0 spiro atoms. The maximum Gasteiger partial charge on any atom is 0.308 e. The number of carbonyl (C=O) groups is 3. The van der Waals surface area contributed by atoms with Crippen molar-refractivity contribution in [3.05, 3.63) is 29.3 Å². The number of Topliss-reactive ketones (excluding diaryl/α,β-unsaturated/α-hetero) is 1. The molecule has 3 aliphatic rings. The molecule has 4 rings (SSSR count). The minimum absolute atomic E-state index is 0.0467. The molecule has 1 aromatic rings. The van der Waals surface area contributed by atoms with E-state index in [1.54, 1.807) is 12.1 Å². The molecule has 0 aromatic heterocycles. The van der Waals surface area contributed by atoms with E-state index in [0.29, 0.717) is 17.2 Å². The van der Waals surface area contributed by atoms with Crippen molar-refractivity contribution >= 4 is 33.7 Å². The molecule has 0 bridgehead atoms. The molecule has 0 radical (unpaired) electrons. The van der Waals surface area contributed by atoms with E-state index in [2.05, 4.69) is 22.9 Å². The molecule has 0 N–H and O–H groups in total. The highest BCUT2D eigenvalue weighted by Gasteiger charge is 2.59. The van der Waals surface area contributed by atoms with Crippen LogP contribution in [0.25, 0.3) is 0 Å². The van der Waals surface area contributed by atoms with Crippen molar-refractivity contribution < 1.29 is 23.9 Å². The van der Waals surface area contributed by atoms with Gasteiger partial charge in [0.1, 0.15) is 11.9 Å². The summed E-state index contributed by atoms with van der Waals surface area (Å²) in [6.45, 7) is 5.04. The molecule has 0 heterocycles.